The Hall–Kier alpha value is -2.83. The quantitative estimate of drug-likeness (QED) is 0.674. The van der Waals surface area contributed by atoms with Gasteiger partial charge in [0, 0.05) is 6.42 Å². The molecule has 0 saturated heterocycles. The van der Waals surface area contributed by atoms with Crippen molar-refractivity contribution in [3.63, 3.8) is 0 Å². The number of benzene rings is 2. The van der Waals surface area contributed by atoms with Gasteiger partial charge in [-0.25, -0.2) is 18.0 Å². The van der Waals surface area contributed by atoms with E-state index in [2.05, 4.69) is 10.1 Å². The highest BCUT2D eigenvalue weighted by atomic mass is 19.2. The molecule has 0 saturated carbocycles. The van der Waals surface area contributed by atoms with Gasteiger partial charge in [0.1, 0.15) is 6.04 Å². The Morgan fingerprint density at radius 3 is 2.33 bits per heavy atom. The van der Waals surface area contributed by atoms with Crippen LogP contribution in [0.3, 0.4) is 0 Å². The van der Waals surface area contributed by atoms with Gasteiger partial charge in [-0.2, -0.15) is 0 Å². The number of hydrogen-bond donors (Lipinski definition) is 1. The van der Waals surface area contributed by atoms with E-state index >= 15 is 0 Å². The summed E-state index contributed by atoms with van der Waals surface area (Å²) >= 11 is 0. The number of rotatable bonds is 5. The molecule has 0 bridgehead atoms. The lowest BCUT2D eigenvalue weighted by atomic mass is 10.1. The largest absolute Gasteiger partial charge is 0.467 e. The maximum atomic E-state index is 13.7. The van der Waals surface area contributed by atoms with Crippen LogP contribution in [0.4, 0.5) is 13.2 Å². The average Bonchev–Trinajstić information content (AvgIpc) is 2.59. The Morgan fingerprint density at radius 1 is 1.04 bits per heavy atom. The standard InChI is InChI=1S/C17H14F3NO3/c1-24-17(23)13(9-10-5-3-2-4-6-10)21-16(22)11-7-8-12(18)15(20)14(11)19/h2-8,13H,9H2,1H3,(H,21,22)/t13-/m0/s1. The molecule has 0 heterocycles. The van der Waals surface area contributed by atoms with E-state index in [1.54, 1.807) is 30.3 Å². The van der Waals surface area contributed by atoms with Crippen LogP contribution < -0.4 is 5.32 Å². The van der Waals surface area contributed by atoms with Gasteiger partial charge in [-0.1, -0.05) is 30.3 Å². The molecule has 0 aliphatic rings. The normalized spacial score (nSPS) is 11.7. The van der Waals surface area contributed by atoms with Gasteiger partial charge in [0.05, 0.1) is 12.7 Å². The van der Waals surface area contributed by atoms with E-state index in [-0.39, 0.29) is 6.42 Å². The number of carbonyl (C=O) groups excluding carboxylic acids is 2. The lowest BCUT2D eigenvalue weighted by Gasteiger charge is -2.17. The molecule has 7 heteroatoms. The molecule has 4 nitrogen and oxygen atoms in total. The summed E-state index contributed by atoms with van der Waals surface area (Å²) < 4.78 is 44.5. The number of halogens is 3. The fourth-order valence-electron chi connectivity index (χ4n) is 2.12. The highest BCUT2D eigenvalue weighted by Gasteiger charge is 2.25. The molecule has 0 radical (unpaired) electrons. The zero-order chi connectivity index (χ0) is 17.7. The molecule has 2 aromatic carbocycles. The molecule has 0 unspecified atom stereocenters. The summed E-state index contributed by atoms with van der Waals surface area (Å²) in [4.78, 5) is 23.9. The SMILES string of the molecule is COC(=O)[C@H](Cc1ccccc1)NC(=O)c1ccc(F)c(F)c1F. The summed E-state index contributed by atoms with van der Waals surface area (Å²) in [5, 5.41) is 2.28. The smallest absolute Gasteiger partial charge is 0.328 e. The maximum Gasteiger partial charge on any atom is 0.328 e. The van der Waals surface area contributed by atoms with Crippen LogP contribution in [-0.2, 0) is 16.0 Å². The molecule has 1 amide bonds. The number of ether oxygens (including phenoxy) is 1. The van der Waals surface area contributed by atoms with Crippen molar-refractivity contribution < 1.29 is 27.5 Å². The van der Waals surface area contributed by atoms with Crippen LogP contribution in [0.1, 0.15) is 15.9 Å². The molecule has 1 atom stereocenters. The minimum atomic E-state index is -1.75. The van der Waals surface area contributed by atoms with Crippen LogP contribution >= 0.6 is 0 Å². The first kappa shape index (κ1) is 17.5. The summed E-state index contributed by atoms with van der Waals surface area (Å²) in [5.74, 6) is -6.55. The summed E-state index contributed by atoms with van der Waals surface area (Å²) in [6.07, 6.45) is 0.102. The van der Waals surface area contributed by atoms with Crippen LogP contribution in [0.5, 0.6) is 0 Å². The van der Waals surface area contributed by atoms with Crippen molar-refractivity contribution in [2.45, 2.75) is 12.5 Å². The second-order valence-electron chi connectivity index (χ2n) is 4.96. The molecule has 0 spiro atoms. The zero-order valence-electron chi connectivity index (χ0n) is 12.7. The van der Waals surface area contributed by atoms with Crippen molar-refractivity contribution in [1.82, 2.24) is 5.32 Å². The van der Waals surface area contributed by atoms with Crippen molar-refractivity contribution in [2.24, 2.45) is 0 Å². The number of hydrogen-bond acceptors (Lipinski definition) is 3. The second kappa shape index (κ2) is 7.63. The first-order valence-corrected chi connectivity index (χ1v) is 7.00. The predicted octanol–water partition coefficient (Wildman–Crippen LogP) is 2.62. The van der Waals surface area contributed by atoms with E-state index < -0.39 is 40.9 Å². The lowest BCUT2D eigenvalue weighted by Crippen LogP contribution is -2.43. The minimum Gasteiger partial charge on any atom is -0.467 e. The van der Waals surface area contributed by atoms with Crippen LogP contribution in [0, 0.1) is 17.5 Å². The Balaban J connectivity index is 2.22. The number of methoxy groups -OCH3 is 1. The van der Waals surface area contributed by atoms with Gasteiger partial charge >= 0.3 is 5.97 Å². The topological polar surface area (TPSA) is 55.4 Å². The highest BCUT2D eigenvalue weighted by Crippen LogP contribution is 2.15. The molecular formula is C17H14F3NO3. The van der Waals surface area contributed by atoms with Crippen LogP contribution in [0.15, 0.2) is 42.5 Å². The summed E-state index contributed by atoms with van der Waals surface area (Å²) in [6, 6.07) is 9.10. The number of esters is 1. The fourth-order valence-corrected chi connectivity index (χ4v) is 2.12. The zero-order valence-corrected chi connectivity index (χ0v) is 12.7. The van der Waals surface area contributed by atoms with Gasteiger partial charge in [-0.3, -0.25) is 4.79 Å². The predicted molar refractivity (Wildman–Crippen MR) is 79.7 cm³/mol. The Morgan fingerprint density at radius 2 is 1.71 bits per heavy atom. The third kappa shape index (κ3) is 3.92. The van der Waals surface area contributed by atoms with Crippen molar-refractivity contribution in [3.8, 4) is 0 Å². The molecule has 2 aromatic rings. The fraction of sp³-hybridized carbons (Fsp3) is 0.176. The molecule has 0 aliphatic carbocycles. The molecule has 1 N–H and O–H groups in total. The number of carbonyl (C=O) groups is 2. The molecule has 24 heavy (non-hydrogen) atoms. The van der Waals surface area contributed by atoms with E-state index in [1.165, 1.54) is 0 Å². The van der Waals surface area contributed by atoms with Gasteiger partial charge in [-0.15, -0.1) is 0 Å². The number of amides is 1. The van der Waals surface area contributed by atoms with Crippen LogP contribution in [0.2, 0.25) is 0 Å². The molecular weight excluding hydrogens is 323 g/mol. The average molecular weight is 337 g/mol. The van der Waals surface area contributed by atoms with E-state index in [0.717, 1.165) is 18.7 Å². The third-order valence-electron chi connectivity index (χ3n) is 3.35. The summed E-state index contributed by atoms with van der Waals surface area (Å²) in [7, 11) is 1.14. The van der Waals surface area contributed by atoms with Crippen molar-refractivity contribution in [3.05, 3.63) is 71.0 Å². The maximum absolute atomic E-state index is 13.7. The van der Waals surface area contributed by atoms with Crippen LogP contribution in [0.25, 0.3) is 0 Å². The molecule has 126 valence electrons. The lowest BCUT2D eigenvalue weighted by molar-refractivity contribution is -0.142. The van der Waals surface area contributed by atoms with Crippen molar-refractivity contribution in [2.75, 3.05) is 7.11 Å². The molecule has 0 aliphatic heterocycles. The molecule has 0 fully saturated rings. The second-order valence-corrected chi connectivity index (χ2v) is 4.96. The van der Waals surface area contributed by atoms with Gasteiger partial charge in [0.15, 0.2) is 17.5 Å². The van der Waals surface area contributed by atoms with Crippen LogP contribution in [-0.4, -0.2) is 25.0 Å². The van der Waals surface area contributed by atoms with Gasteiger partial charge in [-0.05, 0) is 17.7 Å². The first-order chi connectivity index (χ1) is 11.4. The van der Waals surface area contributed by atoms with E-state index in [1.807, 2.05) is 0 Å². The van der Waals surface area contributed by atoms with Crippen molar-refractivity contribution in [1.29, 1.82) is 0 Å². The Kier molecular flexibility index (Phi) is 5.57. The van der Waals surface area contributed by atoms with Gasteiger partial charge in [0.2, 0.25) is 0 Å². The van der Waals surface area contributed by atoms with Gasteiger partial charge < -0.3 is 10.1 Å². The third-order valence-corrected chi connectivity index (χ3v) is 3.35. The van der Waals surface area contributed by atoms with Gasteiger partial charge in [0.25, 0.3) is 5.91 Å². The van der Waals surface area contributed by atoms with Crippen molar-refractivity contribution >= 4 is 11.9 Å². The Bertz CT molecular complexity index is 750. The van der Waals surface area contributed by atoms with E-state index in [0.29, 0.717) is 6.07 Å². The van der Waals surface area contributed by atoms with E-state index in [4.69, 9.17) is 0 Å². The minimum absolute atomic E-state index is 0.102. The van der Waals surface area contributed by atoms with E-state index in [9.17, 15) is 22.8 Å². The highest BCUT2D eigenvalue weighted by molar-refractivity contribution is 5.97. The first-order valence-electron chi connectivity index (χ1n) is 7.00. The monoisotopic (exact) mass is 337 g/mol. The number of nitrogens with one attached hydrogen (secondary N) is 1. The Labute approximate surface area is 136 Å². The summed E-state index contributed by atoms with van der Waals surface area (Å²) in [5.41, 5.74) is 0.0369. The summed E-state index contributed by atoms with van der Waals surface area (Å²) in [6.45, 7) is 0. The molecule has 0 aromatic heterocycles. The molecule has 2 rings (SSSR count).